The van der Waals surface area contributed by atoms with Crippen LogP contribution in [0.25, 0.3) is 0 Å². The largest absolute Gasteiger partial charge is 0.318 e. The summed E-state index contributed by atoms with van der Waals surface area (Å²) >= 11 is 6.22. The normalized spacial score (nSPS) is 21.7. The third kappa shape index (κ3) is 4.54. The maximum Gasteiger partial charge on any atom is 0.137 e. The van der Waals surface area contributed by atoms with Crippen LogP contribution < -0.4 is 15.7 Å². The summed E-state index contributed by atoms with van der Waals surface area (Å²) in [5, 5.41) is 9.71. The Labute approximate surface area is 86.0 Å². The van der Waals surface area contributed by atoms with E-state index in [4.69, 9.17) is 11.2 Å². The first kappa shape index (κ1) is 11.6. The van der Waals surface area contributed by atoms with Gasteiger partial charge in [0.05, 0.1) is 0 Å². The number of hydrogen-bond donors (Lipinski definition) is 3. The highest BCUT2D eigenvalue weighted by Crippen LogP contribution is 2.40. The summed E-state index contributed by atoms with van der Waals surface area (Å²) in [6.07, 6.45) is 0. The van der Waals surface area contributed by atoms with Crippen molar-refractivity contribution >= 4 is 18.8 Å². The van der Waals surface area contributed by atoms with Gasteiger partial charge in [-0.3, -0.25) is 9.76 Å². The van der Waals surface area contributed by atoms with Gasteiger partial charge >= 0.3 is 0 Å². The Hall–Kier alpha value is 0.560. The van der Waals surface area contributed by atoms with Crippen LogP contribution in [-0.4, -0.2) is 51.0 Å². The monoisotopic (exact) mass is 224 g/mol. The average molecular weight is 225 g/mol. The van der Waals surface area contributed by atoms with Crippen molar-refractivity contribution in [3.63, 3.8) is 0 Å². The minimum atomic E-state index is -0.635. The fourth-order valence-corrected chi connectivity index (χ4v) is 2.96. The second-order valence-electron chi connectivity index (χ2n) is 2.98. The topological polar surface area (TPSA) is 39.3 Å². The van der Waals surface area contributed by atoms with Crippen molar-refractivity contribution in [3.05, 3.63) is 0 Å². The molecular weight excluding hydrogens is 207 g/mol. The summed E-state index contributed by atoms with van der Waals surface area (Å²) in [5.41, 5.74) is 0. The molecule has 1 heterocycles. The van der Waals surface area contributed by atoms with E-state index in [9.17, 15) is 0 Å². The zero-order valence-electron chi connectivity index (χ0n) is 8.02. The molecule has 0 radical (unpaired) electrons. The van der Waals surface area contributed by atoms with Crippen LogP contribution in [0, 0.1) is 0 Å². The molecule has 0 unspecified atom stereocenters. The molecule has 3 N–H and O–H groups in total. The van der Waals surface area contributed by atoms with Gasteiger partial charge in [0.25, 0.3) is 0 Å². The Balaban J connectivity index is 2.09. The summed E-state index contributed by atoms with van der Waals surface area (Å²) in [6.45, 7) is 6.13. The van der Waals surface area contributed by atoms with E-state index >= 15 is 0 Å². The standard InChI is InChI=1S/C7H18ClN4P/c1-9-2-3-11-13(8)12-6-4-10-5-7-12/h9-11H,2-7H2,1H3/t13-/m1/s1. The van der Waals surface area contributed by atoms with Crippen LogP contribution in [0.2, 0.25) is 0 Å². The molecule has 0 aromatic rings. The van der Waals surface area contributed by atoms with E-state index in [1.165, 1.54) is 0 Å². The molecule has 1 saturated heterocycles. The molecule has 1 rings (SSSR count). The second kappa shape index (κ2) is 6.93. The van der Waals surface area contributed by atoms with Crippen LogP contribution in [0.15, 0.2) is 0 Å². The van der Waals surface area contributed by atoms with E-state index in [2.05, 4.69) is 20.4 Å². The van der Waals surface area contributed by atoms with E-state index in [-0.39, 0.29) is 0 Å². The van der Waals surface area contributed by atoms with Gasteiger partial charge in [-0.05, 0) is 7.05 Å². The second-order valence-corrected chi connectivity index (χ2v) is 5.34. The molecular formula is C7H18ClN4P. The van der Waals surface area contributed by atoms with Crippen LogP contribution in [-0.2, 0) is 0 Å². The maximum atomic E-state index is 6.22. The van der Waals surface area contributed by atoms with Crippen molar-refractivity contribution in [2.75, 3.05) is 46.3 Å². The smallest absolute Gasteiger partial charge is 0.137 e. The lowest BCUT2D eigenvalue weighted by Gasteiger charge is -2.30. The number of likely N-dealkylation sites (N-methyl/N-ethyl adjacent to an activating group) is 1. The molecule has 1 atom stereocenters. The highest BCUT2D eigenvalue weighted by atomic mass is 35.7. The highest BCUT2D eigenvalue weighted by molar-refractivity contribution is 7.80. The Kier molecular flexibility index (Phi) is 6.20. The molecule has 13 heavy (non-hydrogen) atoms. The van der Waals surface area contributed by atoms with Gasteiger partial charge in [0.15, 0.2) is 0 Å². The molecule has 6 heteroatoms. The number of rotatable bonds is 5. The maximum absolute atomic E-state index is 6.22. The number of halogens is 1. The molecule has 0 spiro atoms. The Morgan fingerprint density at radius 3 is 2.69 bits per heavy atom. The predicted octanol–water partition coefficient (Wildman–Crippen LogP) is 0.166. The van der Waals surface area contributed by atoms with Crippen molar-refractivity contribution in [1.82, 2.24) is 20.4 Å². The van der Waals surface area contributed by atoms with E-state index in [1.807, 2.05) is 7.05 Å². The van der Waals surface area contributed by atoms with E-state index in [0.29, 0.717) is 0 Å². The molecule has 1 aliphatic heterocycles. The van der Waals surface area contributed by atoms with Crippen molar-refractivity contribution < 1.29 is 0 Å². The minimum absolute atomic E-state index is 0.635. The average Bonchev–Trinajstić information content (AvgIpc) is 2.19. The SMILES string of the molecule is CNCCN[P@@](Cl)N1CCNCC1. The molecule has 0 aliphatic carbocycles. The van der Waals surface area contributed by atoms with Gasteiger partial charge in [-0.2, -0.15) is 0 Å². The minimum Gasteiger partial charge on any atom is -0.318 e. The van der Waals surface area contributed by atoms with E-state index in [1.54, 1.807) is 0 Å². The van der Waals surface area contributed by atoms with E-state index < -0.39 is 7.58 Å². The van der Waals surface area contributed by atoms with Gasteiger partial charge in [-0.25, -0.2) is 0 Å². The Morgan fingerprint density at radius 2 is 2.08 bits per heavy atom. The molecule has 1 aliphatic rings. The zero-order valence-corrected chi connectivity index (χ0v) is 9.67. The summed E-state index contributed by atoms with van der Waals surface area (Å²) in [6, 6.07) is 0. The summed E-state index contributed by atoms with van der Waals surface area (Å²) in [4.78, 5) is 0. The molecule has 0 aromatic heterocycles. The Bertz CT molecular complexity index is 132. The molecule has 0 amide bonds. The summed E-state index contributed by atoms with van der Waals surface area (Å²) < 4.78 is 2.31. The van der Waals surface area contributed by atoms with Crippen LogP contribution in [0.1, 0.15) is 0 Å². The van der Waals surface area contributed by atoms with Crippen LogP contribution in [0.3, 0.4) is 0 Å². The predicted molar refractivity (Wildman–Crippen MR) is 59.1 cm³/mol. The van der Waals surface area contributed by atoms with E-state index in [0.717, 1.165) is 39.3 Å². The fourth-order valence-electron chi connectivity index (χ4n) is 1.20. The third-order valence-corrected chi connectivity index (χ3v) is 4.34. The summed E-state index contributed by atoms with van der Waals surface area (Å²) in [7, 11) is 1.31. The van der Waals surface area contributed by atoms with Gasteiger partial charge in [0.2, 0.25) is 0 Å². The van der Waals surface area contributed by atoms with Gasteiger partial charge in [0, 0.05) is 39.3 Å². The zero-order chi connectivity index (χ0) is 9.52. The van der Waals surface area contributed by atoms with Crippen molar-refractivity contribution in [1.29, 1.82) is 0 Å². The third-order valence-electron chi connectivity index (χ3n) is 1.96. The fraction of sp³-hybridized carbons (Fsp3) is 1.00. The van der Waals surface area contributed by atoms with Crippen LogP contribution >= 0.6 is 18.8 Å². The van der Waals surface area contributed by atoms with Gasteiger partial charge in [-0.15, -0.1) is 0 Å². The molecule has 0 bridgehead atoms. The lowest BCUT2D eigenvalue weighted by molar-refractivity contribution is 0.385. The lowest BCUT2D eigenvalue weighted by Crippen LogP contribution is -2.42. The van der Waals surface area contributed by atoms with Crippen molar-refractivity contribution in [2.24, 2.45) is 0 Å². The van der Waals surface area contributed by atoms with Gasteiger partial charge in [-0.1, -0.05) is 11.2 Å². The molecule has 0 aromatic carbocycles. The molecule has 1 fully saturated rings. The number of nitrogens with one attached hydrogen (secondary N) is 3. The molecule has 0 saturated carbocycles. The first-order chi connectivity index (χ1) is 6.34. The van der Waals surface area contributed by atoms with Crippen molar-refractivity contribution in [2.45, 2.75) is 0 Å². The molecule has 78 valence electrons. The lowest BCUT2D eigenvalue weighted by atomic mass is 10.4. The van der Waals surface area contributed by atoms with Crippen LogP contribution in [0.4, 0.5) is 0 Å². The first-order valence-electron chi connectivity index (χ1n) is 4.64. The first-order valence-corrected chi connectivity index (χ1v) is 6.84. The number of hydrogen-bond acceptors (Lipinski definition) is 4. The summed E-state index contributed by atoms with van der Waals surface area (Å²) in [5.74, 6) is 0. The number of piperazine rings is 1. The highest BCUT2D eigenvalue weighted by Gasteiger charge is 2.17. The van der Waals surface area contributed by atoms with Gasteiger partial charge in [0.1, 0.15) is 7.58 Å². The number of nitrogens with zero attached hydrogens (tertiary/aromatic N) is 1. The van der Waals surface area contributed by atoms with Crippen LogP contribution in [0.5, 0.6) is 0 Å². The molecule has 4 nitrogen and oxygen atoms in total. The Morgan fingerprint density at radius 1 is 1.38 bits per heavy atom. The van der Waals surface area contributed by atoms with Gasteiger partial charge < -0.3 is 10.6 Å². The van der Waals surface area contributed by atoms with Crippen molar-refractivity contribution in [3.8, 4) is 0 Å². The quantitative estimate of drug-likeness (QED) is 0.460.